The quantitative estimate of drug-likeness (QED) is 0.0457. The predicted octanol–water partition coefficient (Wildman–Crippen LogP) is 19.8. The van der Waals surface area contributed by atoms with Gasteiger partial charge in [-0.25, -0.2) is 16.8 Å². The van der Waals surface area contributed by atoms with E-state index in [-0.39, 0.29) is 52.2 Å². The summed E-state index contributed by atoms with van der Waals surface area (Å²) in [6.07, 6.45) is 1.62. The Morgan fingerprint density at radius 2 is 0.765 bits per heavy atom. The summed E-state index contributed by atoms with van der Waals surface area (Å²) in [5, 5.41) is 65.7. The summed E-state index contributed by atoms with van der Waals surface area (Å²) < 4.78 is 51.9. The van der Waals surface area contributed by atoms with E-state index in [1.165, 1.54) is 81.6 Å². The summed E-state index contributed by atoms with van der Waals surface area (Å²) in [6, 6.07) is 58.0. The van der Waals surface area contributed by atoms with Gasteiger partial charge in [0, 0.05) is 81.9 Å². The molecule has 10 rings (SSSR count). The number of aryl methyl sites for hydroxylation is 8. The number of nitrogen functional groups attached to an aromatic ring is 1. The Kier molecular flexibility index (Phi) is 32.8. The van der Waals surface area contributed by atoms with Crippen molar-refractivity contribution in [3.8, 4) is 30.3 Å². The first-order valence-electron chi connectivity index (χ1n) is 30.3. The highest BCUT2D eigenvalue weighted by atomic mass is 35.7. The molecule has 2 N–H and O–H groups in total. The normalized spacial score (nSPS) is 11.7. The lowest BCUT2D eigenvalue weighted by molar-refractivity contribution is -0.387. The van der Waals surface area contributed by atoms with Gasteiger partial charge in [0.1, 0.15) is 5.02 Å². The Morgan fingerprint density at radius 1 is 0.451 bits per heavy atom. The molecule has 1 heterocycles. The molecule has 18 nitrogen and oxygen atoms in total. The van der Waals surface area contributed by atoms with Crippen LogP contribution >= 0.6 is 69.3 Å². The monoisotopic (exact) mass is 1520 g/mol. The molecule has 0 unspecified atom stereocenters. The second-order valence-corrected chi connectivity index (χ2v) is 32.2. The van der Waals surface area contributed by atoms with Crippen molar-refractivity contribution in [2.45, 2.75) is 138 Å². The van der Waals surface area contributed by atoms with Gasteiger partial charge in [-0.2, -0.15) is 30.6 Å². The molecule has 102 heavy (non-hydrogen) atoms. The van der Waals surface area contributed by atoms with E-state index in [2.05, 4.69) is 55.2 Å². The second kappa shape index (κ2) is 39.3. The average Bonchev–Trinajstić information content (AvgIpc) is 0.781. The molecular formula is C76H76Cl2N10O8S6. The van der Waals surface area contributed by atoms with Crippen LogP contribution in [0.1, 0.15) is 100 Å². The van der Waals surface area contributed by atoms with E-state index in [0.717, 1.165) is 71.9 Å². The van der Waals surface area contributed by atoms with E-state index >= 15 is 0 Å². The summed E-state index contributed by atoms with van der Waals surface area (Å²) in [4.78, 5) is 29.6. The number of nitrogens with two attached hydrogens (primary N) is 1. The van der Waals surface area contributed by atoms with E-state index in [1.807, 2.05) is 122 Å². The molecule has 9 aromatic rings. The van der Waals surface area contributed by atoms with Crippen LogP contribution in [0.3, 0.4) is 0 Å². The number of nitriles is 5. The Bertz CT molecular complexity index is 5020. The highest BCUT2D eigenvalue weighted by molar-refractivity contribution is 8.14. The van der Waals surface area contributed by atoms with E-state index < -0.39 is 28.9 Å². The number of nitro groups is 2. The lowest BCUT2D eigenvalue weighted by Gasteiger charge is -2.34. The van der Waals surface area contributed by atoms with E-state index in [9.17, 15) is 42.3 Å². The number of nitrogens with zero attached hydrogens (tertiary/aromatic N) is 9. The van der Waals surface area contributed by atoms with Crippen molar-refractivity contribution in [2.75, 3.05) is 32.9 Å². The minimum absolute atomic E-state index is 0. The third kappa shape index (κ3) is 24.3. The van der Waals surface area contributed by atoms with E-state index in [0.29, 0.717) is 56.2 Å². The van der Waals surface area contributed by atoms with E-state index in [1.54, 1.807) is 70.7 Å². The zero-order chi connectivity index (χ0) is 73.8. The second-order valence-electron chi connectivity index (χ2n) is 23.0. The summed E-state index contributed by atoms with van der Waals surface area (Å²) in [5.41, 5.74) is 17.1. The Hall–Kier alpha value is -9.17. The first-order valence-corrected chi connectivity index (χ1v) is 37.7. The number of halogens is 2. The number of hydrogen-bond acceptors (Lipinski definition) is 19. The molecule has 0 aliphatic carbocycles. The van der Waals surface area contributed by atoms with Gasteiger partial charge in [0.2, 0.25) is 10.0 Å². The van der Waals surface area contributed by atoms with Crippen molar-refractivity contribution in [3.05, 3.63) is 261 Å². The minimum Gasteiger partial charge on any atom is -0.398 e. The third-order valence-corrected chi connectivity index (χ3v) is 24.0. The van der Waals surface area contributed by atoms with Crippen LogP contribution in [0.2, 0.25) is 5.02 Å². The maximum Gasteiger partial charge on any atom is 0.289 e. The molecule has 0 aromatic heterocycles. The highest BCUT2D eigenvalue weighted by Crippen LogP contribution is 2.41. The van der Waals surface area contributed by atoms with Gasteiger partial charge in [0.25, 0.3) is 20.4 Å². The fraction of sp³-hybridized carbons (Fsp3) is 0.224. The summed E-state index contributed by atoms with van der Waals surface area (Å²) >= 11 is 11.3. The fourth-order valence-corrected chi connectivity index (χ4v) is 17.3. The fourth-order valence-electron chi connectivity index (χ4n) is 9.45. The van der Waals surface area contributed by atoms with Gasteiger partial charge in [-0.1, -0.05) is 122 Å². The van der Waals surface area contributed by atoms with Gasteiger partial charge in [-0.15, -0.1) is 0 Å². The average molecular weight is 1520 g/mol. The first-order chi connectivity index (χ1) is 47.3. The molecule has 0 bridgehead atoms. The van der Waals surface area contributed by atoms with Crippen molar-refractivity contribution in [3.63, 3.8) is 0 Å². The number of hydrogen-bond donors (Lipinski definition) is 1. The number of piperidine rings is 1. The zero-order valence-corrected chi connectivity index (χ0v) is 62.5. The Labute approximate surface area is 625 Å². The molecule has 0 amide bonds. The summed E-state index contributed by atoms with van der Waals surface area (Å²) in [6.45, 7) is 17.1. The van der Waals surface area contributed by atoms with Crippen LogP contribution in [0, 0.1) is 132 Å². The molecule has 0 atom stereocenters. The maximum absolute atomic E-state index is 13.5. The van der Waals surface area contributed by atoms with Crippen LogP contribution in [0.25, 0.3) is 0 Å². The maximum atomic E-state index is 13.5. The Balaban J connectivity index is 0.000000275. The topological polar surface area (TPSA) is 306 Å². The molecule has 0 saturated carbocycles. The van der Waals surface area contributed by atoms with Crippen LogP contribution < -0.4 is 5.73 Å². The third-order valence-electron chi connectivity index (χ3n) is 15.1. The molecule has 1 aliphatic rings. The van der Waals surface area contributed by atoms with Gasteiger partial charge in [0.15, 0.2) is 0 Å². The van der Waals surface area contributed by atoms with Crippen molar-refractivity contribution >= 4 is 105 Å². The van der Waals surface area contributed by atoms with Gasteiger partial charge in [0.05, 0.1) is 82.7 Å². The van der Waals surface area contributed by atoms with Crippen LogP contribution in [-0.2, 0) is 19.1 Å². The van der Waals surface area contributed by atoms with Crippen molar-refractivity contribution < 1.29 is 26.7 Å². The van der Waals surface area contributed by atoms with Crippen LogP contribution in [0.5, 0.6) is 0 Å². The predicted molar refractivity (Wildman–Crippen MR) is 411 cm³/mol. The van der Waals surface area contributed by atoms with Crippen LogP contribution in [0.4, 0.5) is 17.1 Å². The molecule has 528 valence electrons. The number of anilines is 1. The SMILES string of the molecule is C.C.Cc1ccc(C)c(Sc2ccc(C#N)cc2N)c1.Cc1ccc(C)c(Sc2ccc(C#N)cc2S(=O)(=O)Cl)c1.Cc1ccc(C)c(Sc2ccc(C#N)cc2S(=O)(=O)N2CCC(N(C)C)CC2)c1.Cc1ccc(C)c(Sc2ccc(C#N)cc2[N+](=O)[O-])c1.N#Cc1ccc(Cl)c([N+](=O)[O-])c1. The molecule has 1 fully saturated rings. The summed E-state index contributed by atoms with van der Waals surface area (Å²) in [5.74, 6) is 0. The number of benzene rings is 9. The van der Waals surface area contributed by atoms with Gasteiger partial charge in [-0.05, 0) is 230 Å². The van der Waals surface area contributed by atoms with Gasteiger partial charge >= 0.3 is 0 Å². The smallest absolute Gasteiger partial charge is 0.289 e. The lowest BCUT2D eigenvalue weighted by atomic mass is 10.1. The molecular weight excluding hydrogens is 1440 g/mol. The highest BCUT2D eigenvalue weighted by Gasteiger charge is 2.32. The molecule has 0 radical (unpaired) electrons. The molecule has 26 heteroatoms. The summed E-state index contributed by atoms with van der Waals surface area (Å²) in [7, 11) is 1.96. The molecule has 9 aromatic carbocycles. The first kappa shape index (κ1) is 85.2. The zero-order valence-electron chi connectivity index (χ0n) is 56.1. The van der Waals surface area contributed by atoms with Crippen molar-refractivity contribution in [1.82, 2.24) is 9.21 Å². The molecule has 0 spiro atoms. The largest absolute Gasteiger partial charge is 0.398 e. The lowest BCUT2D eigenvalue weighted by Crippen LogP contribution is -2.44. The Morgan fingerprint density at radius 3 is 1.13 bits per heavy atom. The molecule has 1 saturated heterocycles. The molecule has 1 aliphatic heterocycles. The van der Waals surface area contributed by atoms with E-state index in [4.69, 9.17) is 49.1 Å². The number of nitro benzene ring substituents is 2. The minimum atomic E-state index is -3.91. The standard InChI is InChI=1S/C22H27N3O2S2.C15H12ClNO2S2.C15H12N2O2S.C15H14N2S.C7H3ClN2O2.2CH4/c1-16-5-6-17(2)21(13-16)28-20-8-7-18(15-23)14-22(20)29(26,27)25-11-9-19(10-12-25)24(3)4;1-10-3-4-11(2)14(7-10)20-13-6-5-12(9-17)8-15(13)21(16,18)19;1-10-3-4-11(2)15(7-10)20-14-6-5-12(9-16)8-13(14)17(18)19;1-10-3-4-11(2)15(7-10)18-14-6-5-12(9-16)8-13(14)17;8-6-2-1-5(4-9)3-7(6)10(11)12;;/h5-8,13-14,19H,9-12H2,1-4H3;3-8H,1-2H3;3-8H,1-2H3;3-8H,17H2,1-2H3;1-3H;2*1H4. The van der Waals surface area contributed by atoms with Gasteiger partial charge < -0.3 is 10.6 Å². The number of rotatable bonds is 14. The van der Waals surface area contributed by atoms with Gasteiger partial charge in [-0.3, -0.25) is 20.2 Å². The van der Waals surface area contributed by atoms with Crippen molar-refractivity contribution in [1.29, 1.82) is 26.3 Å². The van der Waals surface area contributed by atoms with Crippen LogP contribution in [-0.4, -0.2) is 69.1 Å². The number of sulfonamides is 1. The van der Waals surface area contributed by atoms with Crippen LogP contribution in [0.15, 0.2) is 213 Å². The van der Waals surface area contributed by atoms with Crippen molar-refractivity contribution in [2.24, 2.45) is 0 Å².